The van der Waals surface area contributed by atoms with E-state index in [-0.39, 0.29) is 6.54 Å². The topological polar surface area (TPSA) is 95.7 Å². The third-order valence-corrected chi connectivity index (χ3v) is 3.17. The lowest BCUT2D eigenvalue weighted by atomic mass is 10.0. The van der Waals surface area contributed by atoms with E-state index >= 15 is 0 Å². The van der Waals surface area contributed by atoms with Gasteiger partial charge in [-0.25, -0.2) is 5.14 Å². The summed E-state index contributed by atoms with van der Waals surface area (Å²) in [6, 6.07) is 0. The van der Waals surface area contributed by atoms with Gasteiger partial charge in [0.15, 0.2) is 0 Å². The zero-order valence-electron chi connectivity index (χ0n) is 7.52. The van der Waals surface area contributed by atoms with E-state index in [0.29, 0.717) is 19.5 Å². The van der Waals surface area contributed by atoms with Crippen LogP contribution in [0.3, 0.4) is 0 Å². The second-order valence-corrected chi connectivity index (χ2v) is 5.11. The maximum absolute atomic E-state index is 10.8. The molecule has 13 heavy (non-hydrogen) atoms. The van der Waals surface area contributed by atoms with E-state index in [4.69, 9.17) is 5.14 Å². The fourth-order valence-electron chi connectivity index (χ4n) is 1.37. The van der Waals surface area contributed by atoms with Gasteiger partial charge in [0, 0.05) is 20.1 Å². The van der Waals surface area contributed by atoms with Crippen molar-refractivity contribution in [3.63, 3.8) is 0 Å². The van der Waals surface area contributed by atoms with Gasteiger partial charge >= 0.3 is 0 Å². The Morgan fingerprint density at radius 3 is 2.69 bits per heavy atom. The van der Waals surface area contributed by atoms with Gasteiger partial charge < -0.3 is 10.4 Å². The third-order valence-electron chi connectivity index (χ3n) is 2.17. The lowest BCUT2D eigenvalue weighted by Gasteiger charge is -2.25. The second-order valence-electron chi connectivity index (χ2n) is 3.45. The number of hydrogen-bond acceptors (Lipinski definition) is 4. The number of aliphatic hydroxyl groups is 1. The van der Waals surface area contributed by atoms with Gasteiger partial charge in [-0.05, 0) is 13.0 Å². The van der Waals surface area contributed by atoms with E-state index in [0.717, 1.165) is 4.31 Å². The van der Waals surface area contributed by atoms with Crippen LogP contribution in [0.15, 0.2) is 0 Å². The molecule has 6 nitrogen and oxygen atoms in total. The van der Waals surface area contributed by atoms with Crippen molar-refractivity contribution in [2.75, 3.05) is 26.7 Å². The summed E-state index contributed by atoms with van der Waals surface area (Å²) in [5.41, 5.74) is -0.971. The van der Waals surface area contributed by atoms with Crippen LogP contribution in [0.5, 0.6) is 0 Å². The Bertz CT molecular complexity index is 271. The highest BCUT2D eigenvalue weighted by Crippen LogP contribution is 2.15. The van der Waals surface area contributed by atoms with Gasteiger partial charge in [0.1, 0.15) is 0 Å². The summed E-state index contributed by atoms with van der Waals surface area (Å²) in [5.74, 6) is 0. The summed E-state index contributed by atoms with van der Waals surface area (Å²) in [5, 5.41) is 17.6. The number of nitrogens with zero attached hydrogens (tertiary/aromatic N) is 1. The minimum Gasteiger partial charge on any atom is -0.387 e. The van der Waals surface area contributed by atoms with Crippen LogP contribution in [0.1, 0.15) is 6.42 Å². The fourth-order valence-corrected chi connectivity index (χ4v) is 1.79. The van der Waals surface area contributed by atoms with E-state index in [1.54, 1.807) is 0 Å². The molecule has 0 spiro atoms. The molecule has 0 aliphatic carbocycles. The molecule has 1 atom stereocenters. The monoisotopic (exact) mass is 209 g/mol. The first-order valence-corrected chi connectivity index (χ1v) is 5.51. The fraction of sp³-hybridized carbons (Fsp3) is 1.00. The number of β-amino-alcohol motifs (C(OH)–C–C–N with tert-alkyl or cyclic N) is 1. The number of likely N-dealkylation sites (N-methyl/N-ethyl adjacent to an activating group) is 1. The van der Waals surface area contributed by atoms with Crippen molar-refractivity contribution in [1.82, 2.24) is 9.62 Å². The predicted molar refractivity (Wildman–Crippen MR) is 48.2 cm³/mol. The van der Waals surface area contributed by atoms with Crippen LogP contribution in [-0.2, 0) is 10.2 Å². The molecule has 78 valence electrons. The maximum Gasteiger partial charge on any atom is 0.276 e. The smallest absolute Gasteiger partial charge is 0.276 e. The Morgan fingerprint density at radius 1 is 1.69 bits per heavy atom. The molecular weight excluding hydrogens is 194 g/mol. The molecule has 1 heterocycles. The molecule has 1 aliphatic heterocycles. The molecule has 0 aromatic heterocycles. The van der Waals surface area contributed by atoms with Crippen LogP contribution in [0.4, 0.5) is 0 Å². The van der Waals surface area contributed by atoms with Crippen molar-refractivity contribution in [3.05, 3.63) is 0 Å². The number of nitrogens with two attached hydrogens (primary N) is 1. The first-order chi connectivity index (χ1) is 5.83. The molecular formula is C6H15N3O3S. The van der Waals surface area contributed by atoms with Crippen LogP contribution in [-0.4, -0.2) is 50.1 Å². The van der Waals surface area contributed by atoms with Crippen molar-refractivity contribution in [2.45, 2.75) is 12.0 Å². The van der Waals surface area contributed by atoms with Gasteiger partial charge in [-0.2, -0.15) is 12.7 Å². The summed E-state index contributed by atoms with van der Waals surface area (Å²) in [4.78, 5) is 0. The molecule has 0 aromatic carbocycles. The minimum absolute atomic E-state index is 0.0405. The first kappa shape index (κ1) is 10.9. The Morgan fingerprint density at radius 2 is 2.31 bits per heavy atom. The van der Waals surface area contributed by atoms with Crippen LogP contribution in [0, 0.1) is 0 Å². The highest BCUT2D eigenvalue weighted by Gasteiger charge is 2.34. The lowest BCUT2D eigenvalue weighted by molar-refractivity contribution is 0.0462. The van der Waals surface area contributed by atoms with Crippen LogP contribution in [0.2, 0.25) is 0 Å². The van der Waals surface area contributed by atoms with E-state index in [2.05, 4.69) is 5.32 Å². The normalized spacial score (nSPS) is 29.8. The average molecular weight is 209 g/mol. The van der Waals surface area contributed by atoms with Gasteiger partial charge in [0.05, 0.1) is 5.60 Å². The van der Waals surface area contributed by atoms with Crippen LogP contribution in [0.25, 0.3) is 0 Å². The average Bonchev–Trinajstić information content (AvgIpc) is 2.33. The molecule has 1 rings (SSSR count). The lowest BCUT2D eigenvalue weighted by Crippen LogP contribution is -2.47. The highest BCUT2D eigenvalue weighted by atomic mass is 32.2. The third kappa shape index (κ3) is 2.89. The Hall–Kier alpha value is -0.210. The molecule has 4 N–H and O–H groups in total. The second kappa shape index (κ2) is 3.50. The summed E-state index contributed by atoms with van der Waals surface area (Å²) < 4.78 is 22.6. The largest absolute Gasteiger partial charge is 0.387 e. The van der Waals surface area contributed by atoms with Crippen molar-refractivity contribution in [2.24, 2.45) is 5.14 Å². The van der Waals surface area contributed by atoms with Gasteiger partial charge in [-0.3, -0.25) is 0 Å². The van der Waals surface area contributed by atoms with E-state index < -0.39 is 15.8 Å². The van der Waals surface area contributed by atoms with Gasteiger partial charge in [-0.15, -0.1) is 0 Å². The number of hydrogen-bond donors (Lipinski definition) is 3. The van der Waals surface area contributed by atoms with Crippen LogP contribution < -0.4 is 10.5 Å². The standard InChI is InChI=1S/C6H15N3O3S/c1-9(13(7,11)12)5-6(10)2-3-8-4-6/h8,10H,2-5H2,1H3,(H2,7,11,12). The molecule has 1 saturated heterocycles. The first-order valence-electron chi connectivity index (χ1n) is 4.01. The summed E-state index contributed by atoms with van der Waals surface area (Å²) in [6.07, 6.45) is 0.548. The molecule has 1 aliphatic rings. The van der Waals surface area contributed by atoms with Crippen molar-refractivity contribution >= 4 is 10.2 Å². The number of rotatable bonds is 3. The molecule has 0 aromatic rings. The zero-order valence-corrected chi connectivity index (χ0v) is 8.34. The van der Waals surface area contributed by atoms with Crippen molar-refractivity contribution < 1.29 is 13.5 Å². The van der Waals surface area contributed by atoms with Crippen LogP contribution >= 0.6 is 0 Å². The van der Waals surface area contributed by atoms with Gasteiger partial charge in [0.25, 0.3) is 10.2 Å². The number of nitrogens with one attached hydrogen (secondary N) is 1. The van der Waals surface area contributed by atoms with E-state index in [9.17, 15) is 13.5 Å². The van der Waals surface area contributed by atoms with Crippen molar-refractivity contribution in [1.29, 1.82) is 0 Å². The maximum atomic E-state index is 10.8. The quantitative estimate of drug-likeness (QED) is 0.493. The molecule has 0 saturated carbocycles. The molecule has 1 fully saturated rings. The predicted octanol–water partition coefficient (Wildman–Crippen LogP) is -2.15. The summed E-state index contributed by atoms with van der Waals surface area (Å²) >= 11 is 0. The molecule has 0 radical (unpaired) electrons. The Labute approximate surface area is 77.9 Å². The molecule has 0 bridgehead atoms. The zero-order chi connectivity index (χ0) is 10.1. The molecule has 0 amide bonds. The van der Waals surface area contributed by atoms with Crippen molar-refractivity contribution in [3.8, 4) is 0 Å². The molecule has 7 heteroatoms. The minimum atomic E-state index is -3.68. The summed E-state index contributed by atoms with van der Waals surface area (Å²) in [6.45, 7) is 1.15. The highest BCUT2D eigenvalue weighted by molar-refractivity contribution is 7.86. The van der Waals surface area contributed by atoms with Gasteiger partial charge in [-0.1, -0.05) is 0 Å². The molecule has 1 unspecified atom stereocenters. The van der Waals surface area contributed by atoms with E-state index in [1.165, 1.54) is 7.05 Å². The van der Waals surface area contributed by atoms with Gasteiger partial charge in [0.2, 0.25) is 0 Å². The Kier molecular flexibility index (Phi) is 2.93. The summed E-state index contributed by atoms with van der Waals surface area (Å²) in [7, 11) is -2.33. The Balaban J connectivity index is 2.58. The van der Waals surface area contributed by atoms with E-state index in [1.807, 2.05) is 0 Å². The SMILES string of the molecule is CN(CC1(O)CCNC1)S(N)(=O)=O.